The van der Waals surface area contributed by atoms with Gasteiger partial charge in [-0.1, -0.05) is 0 Å². The van der Waals surface area contributed by atoms with Gasteiger partial charge >= 0.3 is 0 Å². The molecular formula is C11H17IN4O2. The van der Waals surface area contributed by atoms with E-state index in [9.17, 15) is 4.79 Å². The molecule has 1 aromatic heterocycles. The maximum Gasteiger partial charge on any atom is 0.289 e. The Morgan fingerprint density at radius 3 is 2.44 bits per heavy atom. The molecule has 0 unspecified atom stereocenters. The lowest BCUT2D eigenvalue weighted by Crippen LogP contribution is -2.52. The topological polar surface area (TPSA) is 75.1 Å². The highest BCUT2D eigenvalue weighted by Gasteiger charge is 2.24. The molecule has 1 saturated heterocycles. The summed E-state index contributed by atoms with van der Waals surface area (Å²) < 4.78 is 5.09. The Kier molecular flexibility index (Phi) is 5.45. The number of carbonyl (C=O) groups is 1. The first-order valence-corrected chi connectivity index (χ1v) is 5.52. The van der Waals surface area contributed by atoms with Crippen molar-refractivity contribution < 1.29 is 9.21 Å². The van der Waals surface area contributed by atoms with Gasteiger partial charge in [0, 0.05) is 33.2 Å². The van der Waals surface area contributed by atoms with Crippen LogP contribution < -0.4 is 5.73 Å². The Labute approximate surface area is 123 Å². The third kappa shape index (κ3) is 3.15. The molecule has 0 bridgehead atoms. The van der Waals surface area contributed by atoms with Gasteiger partial charge in [0.05, 0.1) is 6.26 Å². The molecule has 0 spiro atoms. The molecule has 1 fully saturated rings. The number of hydrogen-bond acceptors (Lipinski definition) is 3. The lowest BCUT2D eigenvalue weighted by Gasteiger charge is -2.34. The second kappa shape index (κ2) is 6.62. The Balaban J connectivity index is 0.00000162. The van der Waals surface area contributed by atoms with Gasteiger partial charge in [0.1, 0.15) is 0 Å². The lowest BCUT2D eigenvalue weighted by atomic mass is 10.3. The molecule has 2 N–H and O–H groups in total. The second-order valence-electron chi connectivity index (χ2n) is 3.84. The second-order valence-corrected chi connectivity index (χ2v) is 3.84. The van der Waals surface area contributed by atoms with E-state index < -0.39 is 0 Å². The number of furan rings is 1. The Bertz CT molecular complexity index is 411. The van der Waals surface area contributed by atoms with Gasteiger partial charge in [0.2, 0.25) is 0 Å². The fourth-order valence-corrected chi connectivity index (χ4v) is 1.84. The smallest absolute Gasteiger partial charge is 0.289 e. The van der Waals surface area contributed by atoms with Crippen LogP contribution >= 0.6 is 24.0 Å². The monoisotopic (exact) mass is 364 g/mol. The molecule has 2 heterocycles. The van der Waals surface area contributed by atoms with Crippen molar-refractivity contribution in [2.45, 2.75) is 0 Å². The predicted octanol–water partition coefficient (Wildman–Crippen LogP) is 0.600. The van der Waals surface area contributed by atoms with Crippen LogP contribution in [-0.4, -0.2) is 54.9 Å². The summed E-state index contributed by atoms with van der Waals surface area (Å²) in [5.41, 5.74) is 5.72. The molecule has 1 aliphatic rings. The molecule has 0 radical (unpaired) electrons. The zero-order chi connectivity index (χ0) is 12.3. The minimum atomic E-state index is -0.0679. The number of amides is 1. The predicted molar refractivity (Wildman–Crippen MR) is 79.1 cm³/mol. The molecule has 0 atom stereocenters. The number of halogens is 1. The molecule has 0 aliphatic carbocycles. The minimum absolute atomic E-state index is 0. The van der Waals surface area contributed by atoms with E-state index in [1.54, 1.807) is 24.1 Å². The van der Waals surface area contributed by atoms with Gasteiger partial charge in [-0.2, -0.15) is 0 Å². The van der Waals surface area contributed by atoms with Crippen molar-refractivity contribution in [1.82, 2.24) is 9.80 Å². The van der Waals surface area contributed by atoms with E-state index in [4.69, 9.17) is 10.2 Å². The Morgan fingerprint density at radius 2 is 1.94 bits per heavy atom. The number of piperazine rings is 1. The van der Waals surface area contributed by atoms with Crippen LogP contribution in [0.1, 0.15) is 10.6 Å². The molecule has 1 aliphatic heterocycles. The van der Waals surface area contributed by atoms with Crippen LogP contribution in [0.2, 0.25) is 0 Å². The van der Waals surface area contributed by atoms with Crippen LogP contribution in [0.4, 0.5) is 0 Å². The molecule has 0 saturated carbocycles. The standard InChI is InChI=1S/C11H16N4O2.HI/c1-13-11(12)15-6-4-14(5-7-15)10(16)9-3-2-8-17-9;/h2-3,8H,4-7H2,1H3,(H2,12,13);1H. The van der Waals surface area contributed by atoms with E-state index in [0.717, 1.165) is 0 Å². The van der Waals surface area contributed by atoms with Crippen LogP contribution in [0.5, 0.6) is 0 Å². The molecule has 2 rings (SSSR count). The normalized spacial score (nSPS) is 16.4. The summed E-state index contributed by atoms with van der Waals surface area (Å²) in [4.78, 5) is 19.6. The number of nitrogens with zero attached hydrogens (tertiary/aromatic N) is 3. The van der Waals surface area contributed by atoms with Crippen molar-refractivity contribution in [3.8, 4) is 0 Å². The first-order valence-electron chi connectivity index (χ1n) is 5.52. The molecule has 0 aromatic carbocycles. The quantitative estimate of drug-likeness (QED) is 0.450. The van der Waals surface area contributed by atoms with Crippen molar-refractivity contribution in [2.24, 2.45) is 10.7 Å². The van der Waals surface area contributed by atoms with Gasteiger partial charge in [-0.15, -0.1) is 24.0 Å². The average Bonchev–Trinajstić information content (AvgIpc) is 2.91. The van der Waals surface area contributed by atoms with E-state index in [1.807, 2.05) is 4.90 Å². The summed E-state index contributed by atoms with van der Waals surface area (Å²) in [6.45, 7) is 2.68. The SMILES string of the molecule is CN=C(N)N1CCN(C(=O)c2ccco2)CC1.I. The summed E-state index contributed by atoms with van der Waals surface area (Å²) in [5.74, 6) is 0.840. The number of aliphatic imine (C=N–C) groups is 1. The minimum Gasteiger partial charge on any atom is -0.459 e. The number of hydrogen-bond donors (Lipinski definition) is 1. The van der Waals surface area contributed by atoms with Gasteiger partial charge in [0.15, 0.2) is 11.7 Å². The van der Waals surface area contributed by atoms with Gasteiger partial charge in [-0.25, -0.2) is 0 Å². The third-order valence-electron chi connectivity index (χ3n) is 2.85. The highest BCUT2D eigenvalue weighted by molar-refractivity contribution is 14.0. The summed E-state index contributed by atoms with van der Waals surface area (Å²) >= 11 is 0. The zero-order valence-electron chi connectivity index (χ0n) is 10.2. The van der Waals surface area contributed by atoms with Gasteiger partial charge in [0.25, 0.3) is 5.91 Å². The Morgan fingerprint density at radius 1 is 1.33 bits per heavy atom. The van der Waals surface area contributed by atoms with Crippen LogP contribution in [0, 0.1) is 0 Å². The third-order valence-corrected chi connectivity index (χ3v) is 2.85. The fourth-order valence-electron chi connectivity index (χ4n) is 1.84. The van der Waals surface area contributed by atoms with Crippen molar-refractivity contribution in [3.63, 3.8) is 0 Å². The molecule has 6 nitrogen and oxygen atoms in total. The molecular weight excluding hydrogens is 347 g/mol. The highest BCUT2D eigenvalue weighted by atomic mass is 127. The van der Waals surface area contributed by atoms with E-state index in [2.05, 4.69) is 4.99 Å². The lowest BCUT2D eigenvalue weighted by molar-refractivity contribution is 0.0659. The van der Waals surface area contributed by atoms with Crippen LogP contribution in [0.3, 0.4) is 0 Å². The van der Waals surface area contributed by atoms with Crippen molar-refractivity contribution in [1.29, 1.82) is 0 Å². The van der Waals surface area contributed by atoms with Crippen molar-refractivity contribution in [2.75, 3.05) is 33.2 Å². The average molecular weight is 364 g/mol. The van der Waals surface area contributed by atoms with Crippen LogP contribution in [0.25, 0.3) is 0 Å². The summed E-state index contributed by atoms with van der Waals surface area (Å²) in [6, 6.07) is 3.39. The van der Waals surface area contributed by atoms with Crippen molar-refractivity contribution >= 4 is 35.8 Å². The zero-order valence-corrected chi connectivity index (χ0v) is 12.5. The summed E-state index contributed by atoms with van der Waals surface area (Å²) in [5, 5.41) is 0. The van der Waals surface area contributed by atoms with Crippen LogP contribution in [0.15, 0.2) is 27.8 Å². The van der Waals surface area contributed by atoms with Crippen molar-refractivity contribution in [3.05, 3.63) is 24.2 Å². The maximum atomic E-state index is 12.0. The molecule has 1 aromatic rings. The van der Waals surface area contributed by atoms with E-state index in [1.165, 1.54) is 6.26 Å². The molecule has 18 heavy (non-hydrogen) atoms. The van der Waals surface area contributed by atoms with E-state index >= 15 is 0 Å². The number of carbonyl (C=O) groups excluding carboxylic acids is 1. The Hall–Kier alpha value is -1.25. The van der Waals surface area contributed by atoms with E-state index in [0.29, 0.717) is 37.9 Å². The number of guanidine groups is 1. The largest absolute Gasteiger partial charge is 0.459 e. The van der Waals surface area contributed by atoms with E-state index in [-0.39, 0.29) is 29.9 Å². The molecule has 100 valence electrons. The molecule has 1 amide bonds. The first-order chi connectivity index (χ1) is 8.22. The van der Waals surface area contributed by atoms with Crippen LogP contribution in [-0.2, 0) is 0 Å². The summed E-state index contributed by atoms with van der Waals surface area (Å²) in [6.07, 6.45) is 1.51. The summed E-state index contributed by atoms with van der Waals surface area (Å²) in [7, 11) is 1.66. The number of rotatable bonds is 1. The fraction of sp³-hybridized carbons (Fsp3) is 0.455. The van der Waals surface area contributed by atoms with Gasteiger partial charge in [-0.3, -0.25) is 9.79 Å². The molecule has 7 heteroatoms. The highest BCUT2D eigenvalue weighted by Crippen LogP contribution is 2.09. The number of nitrogens with two attached hydrogens (primary N) is 1. The van der Waals surface area contributed by atoms with Gasteiger partial charge < -0.3 is 20.0 Å². The van der Waals surface area contributed by atoms with Gasteiger partial charge in [-0.05, 0) is 12.1 Å². The first kappa shape index (κ1) is 14.8. The maximum absolute atomic E-state index is 12.0.